The monoisotopic (exact) mass is 239 g/mol. The van der Waals surface area contributed by atoms with Crippen LogP contribution < -0.4 is 0 Å². The molecule has 2 aliphatic rings. The van der Waals surface area contributed by atoms with Crippen LogP contribution in [0.5, 0.6) is 0 Å². The first kappa shape index (κ1) is 13.4. The van der Waals surface area contributed by atoms with Crippen LogP contribution >= 0.6 is 0 Å². The van der Waals surface area contributed by atoms with Gasteiger partial charge in [0.05, 0.1) is 12.2 Å². The van der Waals surface area contributed by atoms with Gasteiger partial charge in [0.1, 0.15) is 0 Å². The summed E-state index contributed by atoms with van der Waals surface area (Å²) in [4.78, 5) is 2.67. The first-order valence-electron chi connectivity index (χ1n) is 7.29. The Bertz CT molecular complexity index is 252. The third kappa shape index (κ3) is 3.96. The molecule has 1 heterocycles. The van der Waals surface area contributed by atoms with Crippen LogP contribution in [0.15, 0.2) is 0 Å². The maximum absolute atomic E-state index is 5.99. The molecule has 0 aromatic heterocycles. The molecule has 2 nitrogen and oxygen atoms in total. The Morgan fingerprint density at radius 3 is 2.47 bits per heavy atom. The minimum absolute atomic E-state index is 0.0204. The van der Waals surface area contributed by atoms with Gasteiger partial charge in [-0.3, -0.25) is 0 Å². The zero-order chi connectivity index (χ0) is 12.5. The van der Waals surface area contributed by atoms with Crippen molar-refractivity contribution in [3.8, 4) is 0 Å². The highest BCUT2D eigenvalue weighted by Gasteiger charge is 2.45. The number of rotatable bonds is 5. The van der Waals surface area contributed by atoms with Crippen molar-refractivity contribution in [1.29, 1.82) is 0 Å². The van der Waals surface area contributed by atoms with Gasteiger partial charge in [-0.25, -0.2) is 0 Å². The van der Waals surface area contributed by atoms with Crippen LogP contribution in [0.1, 0.15) is 53.4 Å². The lowest BCUT2D eigenvalue weighted by atomic mass is 10.1. The predicted molar refractivity (Wildman–Crippen MR) is 72.2 cm³/mol. The molecule has 1 aliphatic heterocycles. The largest absolute Gasteiger partial charge is 0.375 e. The van der Waals surface area contributed by atoms with Crippen molar-refractivity contribution in [3.63, 3.8) is 0 Å². The zero-order valence-electron chi connectivity index (χ0n) is 12.1. The molecular formula is C15H29NO. The normalized spacial score (nSPS) is 28.6. The van der Waals surface area contributed by atoms with Gasteiger partial charge in [0.15, 0.2) is 0 Å². The lowest BCUT2D eigenvalue weighted by Gasteiger charge is -2.27. The molecule has 1 saturated heterocycles. The van der Waals surface area contributed by atoms with E-state index in [9.17, 15) is 0 Å². The van der Waals surface area contributed by atoms with Gasteiger partial charge in [-0.05, 0) is 52.5 Å². The second-order valence-corrected chi connectivity index (χ2v) is 7.20. The fourth-order valence-electron chi connectivity index (χ4n) is 2.76. The molecule has 0 spiro atoms. The molecule has 2 heteroatoms. The molecule has 100 valence electrons. The Kier molecular flexibility index (Phi) is 3.84. The standard InChI is InChI=1S/C15H29NO/c1-5-13-6-9-16(10-13)11-15(7-8-15)12-17-14(2,3)4/h13H,5-12H2,1-4H3/t13-/m1/s1. The van der Waals surface area contributed by atoms with E-state index in [0.29, 0.717) is 5.41 Å². The molecule has 1 aliphatic carbocycles. The molecule has 0 unspecified atom stereocenters. The first-order chi connectivity index (χ1) is 7.92. The number of ether oxygens (including phenoxy) is 1. The zero-order valence-corrected chi connectivity index (χ0v) is 12.1. The van der Waals surface area contributed by atoms with Gasteiger partial charge in [-0.1, -0.05) is 13.3 Å². The molecule has 0 aromatic carbocycles. The molecule has 17 heavy (non-hydrogen) atoms. The Labute approximate surface area is 107 Å². The van der Waals surface area contributed by atoms with Crippen molar-refractivity contribution in [3.05, 3.63) is 0 Å². The van der Waals surface area contributed by atoms with Crippen LogP contribution in [0.25, 0.3) is 0 Å². The highest BCUT2D eigenvalue weighted by molar-refractivity contribution is 4.97. The van der Waals surface area contributed by atoms with Gasteiger partial charge < -0.3 is 9.64 Å². The summed E-state index contributed by atoms with van der Waals surface area (Å²) in [5.74, 6) is 0.953. The lowest BCUT2D eigenvalue weighted by molar-refractivity contribution is -0.0330. The quantitative estimate of drug-likeness (QED) is 0.730. The number of hydrogen-bond acceptors (Lipinski definition) is 2. The van der Waals surface area contributed by atoms with Crippen molar-refractivity contribution in [2.75, 3.05) is 26.2 Å². The second-order valence-electron chi connectivity index (χ2n) is 7.20. The minimum Gasteiger partial charge on any atom is -0.375 e. The molecule has 2 rings (SSSR count). The summed E-state index contributed by atoms with van der Waals surface area (Å²) in [6, 6.07) is 0. The van der Waals surface area contributed by atoms with Crippen LogP contribution in [0.2, 0.25) is 0 Å². The van der Waals surface area contributed by atoms with E-state index >= 15 is 0 Å². The first-order valence-corrected chi connectivity index (χ1v) is 7.29. The molecule has 0 amide bonds. The lowest BCUT2D eigenvalue weighted by Crippen LogP contribution is -2.33. The molecule has 1 atom stereocenters. The number of nitrogens with zero attached hydrogens (tertiary/aromatic N) is 1. The summed E-state index contributed by atoms with van der Waals surface area (Å²) >= 11 is 0. The van der Waals surface area contributed by atoms with Gasteiger partial charge in [0.2, 0.25) is 0 Å². The molecule has 1 saturated carbocycles. The van der Waals surface area contributed by atoms with Gasteiger partial charge in [0, 0.05) is 18.5 Å². The van der Waals surface area contributed by atoms with E-state index in [0.717, 1.165) is 12.5 Å². The highest BCUT2D eigenvalue weighted by Crippen LogP contribution is 2.47. The third-order valence-corrected chi connectivity index (χ3v) is 4.27. The Balaban J connectivity index is 1.75. The summed E-state index contributed by atoms with van der Waals surface area (Å²) < 4.78 is 5.99. The molecule has 0 bridgehead atoms. The van der Waals surface area contributed by atoms with Gasteiger partial charge in [-0.2, -0.15) is 0 Å². The second kappa shape index (κ2) is 4.89. The summed E-state index contributed by atoms with van der Waals surface area (Å²) in [6.45, 7) is 13.7. The summed E-state index contributed by atoms with van der Waals surface area (Å²) in [6.07, 6.45) is 5.50. The molecular weight excluding hydrogens is 210 g/mol. The van der Waals surface area contributed by atoms with Gasteiger partial charge in [-0.15, -0.1) is 0 Å². The average molecular weight is 239 g/mol. The van der Waals surface area contributed by atoms with Crippen LogP contribution in [-0.2, 0) is 4.74 Å². The van der Waals surface area contributed by atoms with Crippen molar-refractivity contribution < 1.29 is 4.74 Å². The van der Waals surface area contributed by atoms with Crippen molar-refractivity contribution in [1.82, 2.24) is 4.90 Å². The van der Waals surface area contributed by atoms with E-state index in [2.05, 4.69) is 32.6 Å². The Morgan fingerprint density at radius 1 is 1.29 bits per heavy atom. The van der Waals surface area contributed by atoms with Gasteiger partial charge >= 0.3 is 0 Å². The third-order valence-electron chi connectivity index (χ3n) is 4.27. The SMILES string of the molecule is CC[C@@H]1CCN(CC2(COC(C)(C)C)CC2)C1. The average Bonchev–Trinajstić information content (AvgIpc) is 2.85. The van der Waals surface area contributed by atoms with Crippen LogP contribution in [0.4, 0.5) is 0 Å². The Morgan fingerprint density at radius 2 is 2.00 bits per heavy atom. The number of hydrogen-bond donors (Lipinski definition) is 0. The Hall–Kier alpha value is -0.0800. The van der Waals surface area contributed by atoms with E-state index in [-0.39, 0.29) is 5.60 Å². The van der Waals surface area contributed by atoms with Gasteiger partial charge in [0.25, 0.3) is 0 Å². The van der Waals surface area contributed by atoms with Crippen LogP contribution in [0.3, 0.4) is 0 Å². The van der Waals surface area contributed by atoms with E-state index in [1.165, 1.54) is 45.3 Å². The molecule has 0 radical (unpaired) electrons. The van der Waals surface area contributed by atoms with E-state index < -0.39 is 0 Å². The van der Waals surface area contributed by atoms with Crippen LogP contribution in [-0.4, -0.2) is 36.7 Å². The molecule has 2 fully saturated rings. The fraction of sp³-hybridized carbons (Fsp3) is 1.00. The van der Waals surface area contributed by atoms with Crippen molar-refractivity contribution in [2.24, 2.45) is 11.3 Å². The van der Waals surface area contributed by atoms with Crippen molar-refractivity contribution in [2.45, 2.75) is 59.0 Å². The summed E-state index contributed by atoms with van der Waals surface area (Å²) in [5.41, 5.74) is 0.530. The maximum Gasteiger partial charge on any atom is 0.0598 e. The smallest absolute Gasteiger partial charge is 0.0598 e. The van der Waals surface area contributed by atoms with E-state index in [1.807, 2.05) is 0 Å². The van der Waals surface area contributed by atoms with E-state index in [1.54, 1.807) is 0 Å². The summed E-state index contributed by atoms with van der Waals surface area (Å²) in [5, 5.41) is 0. The maximum atomic E-state index is 5.99. The van der Waals surface area contributed by atoms with E-state index in [4.69, 9.17) is 4.74 Å². The fourth-order valence-corrected chi connectivity index (χ4v) is 2.76. The minimum atomic E-state index is 0.0204. The molecule has 0 N–H and O–H groups in total. The number of likely N-dealkylation sites (tertiary alicyclic amines) is 1. The summed E-state index contributed by atoms with van der Waals surface area (Å²) in [7, 11) is 0. The topological polar surface area (TPSA) is 12.5 Å². The highest BCUT2D eigenvalue weighted by atomic mass is 16.5. The van der Waals surface area contributed by atoms with Crippen molar-refractivity contribution >= 4 is 0 Å². The van der Waals surface area contributed by atoms with Crippen LogP contribution in [0, 0.1) is 11.3 Å². The predicted octanol–water partition coefficient (Wildman–Crippen LogP) is 3.31. The molecule has 0 aromatic rings.